The van der Waals surface area contributed by atoms with Crippen LogP contribution in [0.15, 0.2) is 22.7 Å². The van der Waals surface area contributed by atoms with Crippen molar-refractivity contribution in [1.29, 1.82) is 0 Å². The fraction of sp³-hybridized carbons (Fsp3) is 0.625. The summed E-state index contributed by atoms with van der Waals surface area (Å²) < 4.78 is 12.5. The first-order chi connectivity index (χ1) is 10.1. The lowest BCUT2D eigenvalue weighted by atomic mass is 9.87. The molecule has 0 aliphatic heterocycles. The Labute approximate surface area is 135 Å². The van der Waals surface area contributed by atoms with Gasteiger partial charge in [-0.3, -0.25) is 11.3 Å². The smallest absolute Gasteiger partial charge is 0.119 e. The standard InChI is InChI=1S/C16H25BrN2O2/c1-3-21-16(8-4-5-9-16)15(19-18)11-12-10-13(20-2)6-7-14(12)17/h6-7,10,15,19H,3-5,8-9,11,18H2,1-2H3. The molecule has 2 rings (SSSR count). The third kappa shape index (κ3) is 3.77. The quantitative estimate of drug-likeness (QED) is 0.581. The molecule has 0 heterocycles. The van der Waals surface area contributed by atoms with Gasteiger partial charge in [0, 0.05) is 11.1 Å². The molecular formula is C16H25BrN2O2. The lowest BCUT2D eigenvalue weighted by Gasteiger charge is -2.37. The Bertz CT molecular complexity index is 462. The summed E-state index contributed by atoms with van der Waals surface area (Å²) >= 11 is 3.62. The Hall–Kier alpha value is -0.620. The summed E-state index contributed by atoms with van der Waals surface area (Å²) in [5.41, 5.74) is 4.03. The molecule has 1 aromatic rings. The third-order valence-electron chi connectivity index (χ3n) is 4.39. The first-order valence-electron chi connectivity index (χ1n) is 7.57. The molecule has 1 aromatic carbocycles. The second-order valence-electron chi connectivity index (χ2n) is 5.59. The van der Waals surface area contributed by atoms with Crippen LogP contribution in [0.1, 0.15) is 38.2 Å². The van der Waals surface area contributed by atoms with E-state index in [2.05, 4.69) is 34.3 Å². The van der Waals surface area contributed by atoms with Gasteiger partial charge in [0.15, 0.2) is 0 Å². The summed E-state index contributed by atoms with van der Waals surface area (Å²) in [5.74, 6) is 6.72. The Kier molecular flexibility index (Phi) is 6.05. The molecule has 0 bridgehead atoms. The van der Waals surface area contributed by atoms with E-state index in [1.807, 2.05) is 12.1 Å². The van der Waals surface area contributed by atoms with Crippen LogP contribution in [0.3, 0.4) is 0 Å². The van der Waals surface area contributed by atoms with Crippen molar-refractivity contribution in [3.8, 4) is 5.75 Å². The molecule has 0 aromatic heterocycles. The van der Waals surface area contributed by atoms with Crippen molar-refractivity contribution >= 4 is 15.9 Å². The molecule has 3 N–H and O–H groups in total. The molecule has 1 saturated carbocycles. The highest BCUT2D eigenvalue weighted by molar-refractivity contribution is 9.10. The summed E-state index contributed by atoms with van der Waals surface area (Å²) in [4.78, 5) is 0. The molecule has 1 aliphatic rings. The van der Waals surface area contributed by atoms with E-state index in [-0.39, 0.29) is 11.6 Å². The second kappa shape index (κ2) is 7.58. The van der Waals surface area contributed by atoms with Crippen LogP contribution in [0.25, 0.3) is 0 Å². The number of halogens is 1. The van der Waals surface area contributed by atoms with Crippen molar-refractivity contribution in [3.05, 3.63) is 28.2 Å². The van der Waals surface area contributed by atoms with Gasteiger partial charge in [-0.2, -0.15) is 0 Å². The summed E-state index contributed by atoms with van der Waals surface area (Å²) in [6.07, 6.45) is 5.36. The van der Waals surface area contributed by atoms with Gasteiger partial charge in [0.1, 0.15) is 5.75 Å². The van der Waals surface area contributed by atoms with E-state index in [9.17, 15) is 0 Å². The van der Waals surface area contributed by atoms with Gasteiger partial charge in [0.25, 0.3) is 0 Å². The van der Waals surface area contributed by atoms with Gasteiger partial charge in [-0.15, -0.1) is 0 Å². The average Bonchev–Trinajstić information content (AvgIpc) is 2.96. The predicted octanol–water partition coefficient (Wildman–Crippen LogP) is 3.18. The first-order valence-corrected chi connectivity index (χ1v) is 8.37. The minimum absolute atomic E-state index is 0.100. The second-order valence-corrected chi connectivity index (χ2v) is 6.44. The number of benzene rings is 1. The molecular weight excluding hydrogens is 332 g/mol. The molecule has 0 amide bonds. The molecule has 1 aliphatic carbocycles. The van der Waals surface area contributed by atoms with Gasteiger partial charge in [0.2, 0.25) is 0 Å². The maximum Gasteiger partial charge on any atom is 0.119 e. The van der Waals surface area contributed by atoms with Crippen LogP contribution in [0.4, 0.5) is 0 Å². The maximum absolute atomic E-state index is 6.12. The van der Waals surface area contributed by atoms with Crippen LogP contribution in [-0.4, -0.2) is 25.4 Å². The van der Waals surface area contributed by atoms with Crippen LogP contribution in [-0.2, 0) is 11.2 Å². The molecule has 118 valence electrons. The summed E-state index contributed by atoms with van der Waals surface area (Å²) in [6.45, 7) is 2.77. The molecule has 0 spiro atoms. The average molecular weight is 357 g/mol. The number of hydrogen-bond donors (Lipinski definition) is 2. The Morgan fingerprint density at radius 3 is 2.67 bits per heavy atom. The van der Waals surface area contributed by atoms with E-state index < -0.39 is 0 Å². The van der Waals surface area contributed by atoms with Crippen molar-refractivity contribution in [2.45, 2.75) is 50.7 Å². The Morgan fingerprint density at radius 1 is 1.38 bits per heavy atom. The summed E-state index contributed by atoms with van der Waals surface area (Å²) in [5, 5.41) is 0. The van der Waals surface area contributed by atoms with Gasteiger partial charge in [-0.1, -0.05) is 28.8 Å². The topological polar surface area (TPSA) is 56.5 Å². The van der Waals surface area contributed by atoms with E-state index in [4.69, 9.17) is 15.3 Å². The lowest BCUT2D eigenvalue weighted by Crippen LogP contribution is -2.54. The zero-order valence-electron chi connectivity index (χ0n) is 12.8. The van der Waals surface area contributed by atoms with Gasteiger partial charge < -0.3 is 9.47 Å². The van der Waals surface area contributed by atoms with E-state index in [1.165, 1.54) is 18.4 Å². The van der Waals surface area contributed by atoms with Crippen LogP contribution < -0.4 is 16.0 Å². The van der Waals surface area contributed by atoms with Crippen LogP contribution in [0.5, 0.6) is 5.75 Å². The zero-order valence-corrected chi connectivity index (χ0v) is 14.4. The number of nitrogens with two attached hydrogens (primary N) is 1. The molecule has 5 heteroatoms. The number of methoxy groups -OCH3 is 1. The molecule has 1 atom stereocenters. The van der Waals surface area contributed by atoms with Crippen molar-refractivity contribution < 1.29 is 9.47 Å². The van der Waals surface area contributed by atoms with Gasteiger partial charge in [0.05, 0.1) is 18.8 Å². The fourth-order valence-electron chi connectivity index (χ4n) is 3.31. The third-order valence-corrected chi connectivity index (χ3v) is 5.17. The van der Waals surface area contributed by atoms with Crippen LogP contribution in [0.2, 0.25) is 0 Å². The lowest BCUT2D eigenvalue weighted by molar-refractivity contribution is -0.0613. The van der Waals surface area contributed by atoms with E-state index >= 15 is 0 Å². The predicted molar refractivity (Wildman–Crippen MR) is 88.3 cm³/mol. The van der Waals surface area contributed by atoms with Gasteiger partial charge in [-0.25, -0.2) is 0 Å². The number of ether oxygens (including phenoxy) is 2. The first kappa shape index (κ1) is 16.7. The molecule has 1 unspecified atom stereocenters. The molecule has 0 radical (unpaired) electrons. The van der Waals surface area contributed by atoms with E-state index in [0.717, 1.165) is 36.1 Å². The van der Waals surface area contributed by atoms with Crippen molar-refractivity contribution in [2.24, 2.45) is 5.84 Å². The minimum atomic E-state index is -0.147. The van der Waals surface area contributed by atoms with Gasteiger partial charge in [-0.05, 0) is 49.9 Å². The molecule has 1 fully saturated rings. The van der Waals surface area contributed by atoms with Crippen LogP contribution >= 0.6 is 15.9 Å². The normalized spacial score (nSPS) is 18.7. The highest BCUT2D eigenvalue weighted by atomic mass is 79.9. The van der Waals surface area contributed by atoms with E-state index in [0.29, 0.717) is 0 Å². The zero-order chi connectivity index (χ0) is 15.3. The Morgan fingerprint density at radius 2 is 2.10 bits per heavy atom. The number of rotatable bonds is 7. The molecule has 4 nitrogen and oxygen atoms in total. The maximum atomic E-state index is 6.12. The fourth-order valence-corrected chi connectivity index (χ4v) is 3.71. The van der Waals surface area contributed by atoms with Crippen LogP contribution in [0, 0.1) is 0 Å². The SMILES string of the molecule is CCOC1(C(Cc2cc(OC)ccc2Br)NN)CCCC1. The number of hydrazine groups is 1. The highest BCUT2D eigenvalue weighted by Crippen LogP contribution is 2.38. The van der Waals surface area contributed by atoms with Crippen molar-refractivity contribution in [3.63, 3.8) is 0 Å². The number of hydrogen-bond acceptors (Lipinski definition) is 4. The van der Waals surface area contributed by atoms with Gasteiger partial charge >= 0.3 is 0 Å². The van der Waals surface area contributed by atoms with Crippen molar-refractivity contribution in [1.82, 2.24) is 5.43 Å². The minimum Gasteiger partial charge on any atom is -0.497 e. The largest absolute Gasteiger partial charge is 0.497 e. The van der Waals surface area contributed by atoms with Crippen molar-refractivity contribution in [2.75, 3.05) is 13.7 Å². The Balaban J connectivity index is 2.21. The van der Waals surface area contributed by atoms with E-state index in [1.54, 1.807) is 7.11 Å². The number of nitrogens with one attached hydrogen (secondary N) is 1. The summed E-state index contributed by atoms with van der Waals surface area (Å²) in [7, 11) is 1.68. The highest BCUT2D eigenvalue weighted by Gasteiger charge is 2.41. The monoisotopic (exact) mass is 356 g/mol. The summed E-state index contributed by atoms with van der Waals surface area (Å²) in [6, 6.07) is 6.13. The molecule has 21 heavy (non-hydrogen) atoms. The molecule has 0 saturated heterocycles.